The standard InChI is InChI=1S/C17H22N4O2S/c1-2-5-14-19-20-16(24)21(14)10-15(22)18-11-17(23)9-8-12-6-3-4-7-13(12)17/h3-4,6-7,23H,2,5,8-11H2,1H3,(H,18,22)(H,20,24)/t17-/m0/s1. The Morgan fingerprint density at radius 2 is 2.29 bits per heavy atom. The fourth-order valence-corrected chi connectivity index (χ4v) is 3.44. The molecule has 0 unspecified atom stereocenters. The third-order valence-electron chi connectivity index (χ3n) is 4.52. The Morgan fingerprint density at radius 3 is 3.08 bits per heavy atom. The first-order valence-electron chi connectivity index (χ1n) is 8.25. The van der Waals surface area contributed by atoms with Gasteiger partial charge in [0, 0.05) is 6.42 Å². The van der Waals surface area contributed by atoms with Crippen LogP contribution in [0.2, 0.25) is 0 Å². The Bertz CT molecular complexity index is 798. The number of aryl methyl sites for hydroxylation is 2. The van der Waals surface area contributed by atoms with Crippen molar-refractivity contribution in [3.05, 3.63) is 46.0 Å². The maximum absolute atomic E-state index is 12.3. The monoisotopic (exact) mass is 346 g/mol. The molecule has 0 fully saturated rings. The molecule has 3 rings (SSSR count). The zero-order valence-electron chi connectivity index (χ0n) is 13.7. The number of H-pyrrole nitrogens is 1. The molecule has 0 radical (unpaired) electrons. The van der Waals surface area contributed by atoms with Crippen LogP contribution in [0.1, 0.15) is 36.7 Å². The molecule has 0 saturated carbocycles. The first-order chi connectivity index (χ1) is 11.5. The van der Waals surface area contributed by atoms with Gasteiger partial charge in [-0.1, -0.05) is 31.2 Å². The van der Waals surface area contributed by atoms with Gasteiger partial charge in [0.2, 0.25) is 5.91 Å². The van der Waals surface area contributed by atoms with E-state index in [2.05, 4.69) is 22.4 Å². The average molecular weight is 346 g/mol. The highest BCUT2D eigenvalue weighted by atomic mass is 32.1. The van der Waals surface area contributed by atoms with Crippen molar-refractivity contribution < 1.29 is 9.90 Å². The Hall–Kier alpha value is -1.99. The third-order valence-corrected chi connectivity index (χ3v) is 4.83. The summed E-state index contributed by atoms with van der Waals surface area (Å²) in [5.41, 5.74) is 1.07. The minimum absolute atomic E-state index is 0.113. The maximum Gasteiger partial charge on any atom is 0.240 e. The molecule has 1 aromatic carbocycles. The molecule has 7 heteroatoms. The van der Waals surface area contributed by atoms with E-state index in [-0.39, 0.29) is 19.0 Å². The number of aromatic nitrogens is 3. The number of amides is 1. The fourth-order valence-electron chi connectivity index (χ4n) is 3.22. The summed E-state index contributed by atoms with van der Waals surface area (Å²) in [5, 5.41) is 20.6. The number of rotatable bonds is 6. The van der Waals surface area contributed by atoms with Crippen LogP contribution < -0.4 is 5.32 Å². The number of hydrogen-bond donors (Lipinski definition) is 3. The molecule has 1 atom stereocenters. The Labute approximate surface area is 145 Å². The third kappa shape index (κ3) is 3.27. The highest BCUT2D eigenvalue weighted by Crippen LogP contribution is 2.36. The molecule has 0 aliphatic heterocycles. The number of fused-ring (bicyclic) bond motifs is 1. The number of aliphatic hydroxyl groups is 1. The molecule has 0 bridgehead atoms. The lowest BCUT2D eigenvalue weighted by molar-refractivity contribution is -0.123. The normalized spacial score (nSPS) is 19.2. The molecule has 128 valence electrons. The van der Waals surface area contributed by atoms with Gasteiger partial charge in [-0.15, -0.1) is 0 Å². The van der Waals surface area contributed by atoms with E-state index in [1.165, 1.54) is 0 Å². The number of hydrogen-bond acceptors (Lipinski definition) is 4. The van der Waals surface area contributed by atoms with Gasteiger partial charge in [0.15, 0.2) is 4.77 Å². The van der Waals surface area contributed by atoms with Gasteiger partial charge in [0.05, 0.1) is 6.54 Å². The second-order valence-electron chi connectivity index (χ2n) is 6.25. The molecule has 0 spiro atoms. The minimum Gasteiger partial charge on any atom is -0.383 e. The Morgan fingerprint density at radius 1 is 1.50 bits per heavy atom. The summed E-state index contributed by atoms with van der Waals surface area (Å²) in [6, 6.07) is 7.84. The van der Waals surface area contributed by atoms with Gasteiger partial charge in [-0.3, -0.25) is 14.5 Å². The van der Waals surface area contributed by atoms with E-state index in [1.807, 2.05) is 24.3 Å². The summed E-state index contributed by atoms with van der Waals surface area (Å²) in [6.07, 6.45) is 3.14. The van der Waals surface area contributed by atoms with Gasteiger partial charge in [0.25, 0.3) is 0 Å². The van der Waals surface area contributed by atoms with Crippen LogP contribution in [0.4, 0.5) is 0 Å². The van der Waals surface area contributed by atoms with Crippen molar-refractivity contribution in [1.29, 1.82) is 0 Å². The predicted octanol–water partition coefficient (Wildman–Crippen LogP) is 1.84. The maximum atomic E-state index is 12.3. The van der Waals surface area contributed by atoms with E-state index in [1.54, 1.807) is 4.57 Å². The zero-order chi connectivity index (χ0) is 17.2. The molecule has 1 aliphatic carbocycles. The first-order valence-corrected chi connectivity index (χ1v) is 8.66. The van der Waals surface area contributed by atoms with Crippen LogP contribution in [-0.4, -0.2) is 32.3 Å². The highest BCUT2D eigenvalue weighted by Gasteiger charge is 2.36. The average Bonchev–Trinajstić information content (AvgIpc) is 3.09. The topological polar surface area (TPSA) is 82.9 Å². The number of benzene rings is 1. The Balaban J connectivity index is 1.65. The molecular formula is C17H22N4O2S. The van der Waals surface area contributed by atoms with Crippen molar-refractivity contribution in [3.63, 3.8) is 0 Å². The summed E-state index contributed by atoms with van der Waals surface area (Å²) in [5.74, 6) is 0.602. The van der Waals surface area contributed by atoms with E-state index in [4.69, 9.17) is 12.2 Å². The van der Waals surface area contributed by atoms with Crippen molar-refractivity contribution in [2.45, 2.75) is 44.8 Å². The SMILES string of the molecule is CCCc1n[nH]c(=S)n1CC(=O)NC[C@@]1(O)CCc2ccccc21. The molecule has 2 aromatic rings. The lowest BCUT2D eigenvalue weighted by atomic mass is 9.96. The van der Waals surface area contributed by atoms with Crippen molar-refractivity contribution in [1.82, 2.24) is 20.1 Å². The van der Waals surface area contributed by atoms with Crippen LogP contribution >= 0.6 is 12.2 Å². The van der Waals surface area contributed by atoms with Gasteiger partial charge in [-0.2, -0.15) is 5.10 Å². The number of aromatic amines is 1. The number of carbonyl (C=O) groups is 1. The van der Waals surface area contributed by atoms with E-state index < -0.39 is 5.60 Å². The lowest BCUT2D eigenvalue weighted by Crippen LogP contribution is -2.40. The molecule has 3 N–H and O–H groups in total. The summed E-state index contributed by atoms with van der Waals surface area (Å²) < 4.78 is 2.15. The van der Waals surface area contributed by atoms with Crippen LogP contribution in [0.25, 0.3) is 0 Å². The summed E-state index contributed by atoms with van der Waals surface area (Å²) in [7, 11) is 0. The van der Waals surface area contributed by atoms with Crippen LogP contribution in [-0.2, 0) is 29.8 Å². The molecule has 0 saturated heterocycles. The smallest absolute Gasteiger partial charge is 0.240 e. The Kier molecular flexibility index (Phi) is 4.82. The highest BCUT2D eigenvalue weighted by molar-refractivity contribution is 7.71. The molecule has 1 heterocycles. The molecule has 1 aromatic heterocycles. The molecular weight excluding hydrogens is 324 g/mol. The second kappa shape index (κ2) is 6.86. The van der Waals surface area contributed by atoms with E-state index >= 15 is 0 Å². The van der Waals surface area contributed by atoms with Gasteiger partial charge in [0.1, 0.15) is 18.0 Å². The molecule has 1 aliphatic rings. The van der Waals surface area contributed by atoms with Gasteiger partial charge in [-0.25, -0.2) is 0 Å². The van der Waals surface area contributed by atoms with Crippen molar-refractivity contribution in [3.8, 4) is 0 Å². The lowest BCUT2D eigenvalue weighted by Gasteiger charge is -2.24. The first kappa shape index (κ1) is 16.9. The minimum atomic E-state index is -0.990. The number of carbonyl (C=O) groups excluding carboxylic acids is 1. The summed E-state index contributed by atoms with van der Waals surface area (Å²) >= 11 is 5.19. The predicted molar refractivity (Wildman–Crippen MR) is 93.1 cm³/mol. The van der Waals surface area contributed by atoms with Crippen molar-refractivity contribution in [2.75, 3.05) is 6.54 Å². The van der Waals surface area contributed by atoms with E-state index in [0.29, 0.717) is 11.2 Å². The van der Waals surface area contributed by atoms with Gasteiger partial charge in [-0.05, 0) is 42.6 Å². The van der Waals surface area contributed by atoms with Crippen LogP contribution in [0.15, 0.2) is 24.3 Å². The largest absolute Gasteiger partial charge is 0.383 e. The van der Waals surface area contributed by atoms with Crippen LogP contribution in [0.5, 0.6) is 0 Å². The van der Waals surface area contributed by atoms with Crippen molar-refractivity contribution >= 4 is 18.1 Å². The van der Waals surface area contributed by atoms with Gasteiger partial charge >= 0.3 is 0 Å². The molecule has 24 heavy (non-hydrogen) atoms. The quantitative estimate of drug-likeness (QED) is 0.697. The van der Waals surface area contributed by atoms with E-state index in [9.17, 15) is 9.90 Å². The van der Waals surface area contributed by atoms with Gasteiger partial charge < -0.3 is 10.4 Å². The molecule has 6 nitrogen and oxygen atoms in total. The number of nitrogens with zero attached hydrogens (tertiary/aromatic N) is 2. The zero-order valence-corrected chi connectivity index (χ0v) is 14.5. The summed E-state index contributed by atoms with van der Waals surface area (Å²) in [6.45, 7) is 2.37. The fraction of sp³-hybridized carbons (Fsp3) is 0.471. The second-order valence-corrected chi connectivity index (χ2v) is 6.63. The van der Waals surface area contributed by atoms with Crippen LogP contribution in [0.3, 0.4) is 0 Å². The molecule has 1 amide bonds. The summed E-state index contributed by atoms with van der Waals surface area (Å²) in [4.78, 5) is 12.3. The number of nitrogens with one attached hydrogen (secondary N) is 2. The van der Waals surface area contributed by atoms with Crippen LogP contribution in [0, 0.1) is 4.77 Å². The van der Waals surface area contributed by atoms with Crippen molar-refractivity contribution in [2.24, 2.45) is 0 Å². The van der Waals surface area contributed by atoms with E-state index in [0.717, 1.165) is 36.2 Å².